The molecule has 4 heterocycles. The van der Waals surface area contributed by atoms with Crippen LogP contribution in [0.2, 0.25) is 0 Å². The van der Waals surface area contributed by atoms with Crippen molar-refractivity contribution in [2.45, 2.75) is 45.7 Å². The first-order valence-corrected chi connectivity index (χ1v) is 13.5. The fourth-order valence-electron chi connectivity index (χ4n) is 5.52. The summed E-state index contributed by atoms with van der Waals surface area (Å²) in [6, 6.07) is 7.99. The number of piperazine rings is 1. The topological polar surface area (TPSA) is 82.4 Å². The highest BCUT2D eigenvalue weighted by atomic mass is 19.1. The van der Waals surface area contributed by atoms with Gasteiger partial charge in [-0.3, -0.25) is 9.69 Å². The summed E-state index contributed by atoms with van der Waals surface area (Å²) in [5.74, 6) is 0.632. The summed E-state index contributed by atoms with van der Waals surface area (Å²) in [5, 5.41) is 3.14. The second kappa shape index (κ2) is 11.2. The second-order valence-electron chi connectivity index (χ2n) is 10.6. The zero-order valence-corrected chi connectivity index (χ0v) is 22.7. The van der Waals surface area contributed by atoms with Crippen molar-refractivity contribution in [3.8, 4) is 11.4 Å². The molecule has 0 saturated carbocycles. The van der Waals surface area contributed by atoms with Crippen molar-refractivity contribution in [2.24, 2.45) is 0 Å². The van der Waals surface area contributed by atoms with Crippen molar-refractivity contribution in [3.63, 3.8) is 0 Å². The number of anilines is 2. The number of hydrogen-bond donors (Lipinski definition) is 1. The summed E-state index contributed by atoms with van der Waals surface area (Å²) in [7, 11) is 2.17. The third kappa shape index (κ3) is 5.56. The first kappa shape index (κ1) is 26.2. The molecule has 2 fully saturated rings. The fraction of sp³-hybridized carbons (Fsp3) is 0.500. The van der Waals surface area contributed by atoms with Gasteiger partial charge in [-0.05, 0) is 64.9 Å². The minimum atomic E-state index is -0.505. The summed E-state index contributed by atoms with van der Waals surface area (Å²) in [5.41, 5.74) is 2.19. The first-order chi connectivity index (χ1) is 18.3. The highest BCUT2D eigenvalue weighted by molar-refractivity contribution is 5.94. The van der Waals surface area contributed by atoms with Crippen LogP contribution in [-0.2, 0) is 0 Å². The molecule has 3 aromatic rings. The molecule has 9 nitrogen and oxygen atoms in total. The van der Waals surface area contributed by atoms with Crippen LogP contribution in [0.25, 0.3) is 11.4 Å². The number of nitrogens with one attached hydrogen (secondary N) is 1. The number of benzene rings is 1. The maximum Gasteiger partial charge on any atom is 0.253 e. The smallest absolute Gasteiger partial charge is 0.253 e. The molecule has 2 saturated heterocycles. The molecule has 2 aliphatic heterocycles. The lowest BCUT2D eigenvalue weighted by Crippen LogP contribution is -2.52. The van der Waals surface area contributed by atoms with E-state index in [1.165, 1.54) is 6.20 Å². The Bertz CT molecular complexity index is 1260. The molecule has 0 aliphatic carbocycles. The average molecular weight is 521 g/mol. The highest BCUT2D eigenvalue weighted by Crippen LogP contribution is 2.27. The number of aryl methyl sites for hydroxylation is 1. The predicted octanol–water partition coefficient (Wildman–Crippen LogP) is 3.96. The maximum atomic E-state index is 14.7. The number of aromatic nitrogens is 4. The lowest BCUT2D eigenvalue weighted by atomic mass is 10.0. The first-order valence-electron chi connectivity index (χ1n) is 13.5. The van der Waals surface area contributed by atoms with Crippen molar-refractivity contribution >= 4 is 17.5 Å². The summed E-state index contributed by atoms with van der Waals surface area (Å²) in [6.07, 6.45) is 4.85. The Morgan fingerprint density at radius 2 is 1.68 bits per heavy atom. The maximum absolute atomic E-state index is 14.7. The summed E-state index contributed by atoms with van der Waals surface area (Å²) in [4.78, 5) is 32.9. The van der Waals surface area contributed by atoms with Gasteiger partial charge < -0.3 is 19.7 Å². The fourth-order valence-corrected chi connectivity index (χ4v) is 5.52. The monoisotopic (exact) mass is 520 g/mol. The van der Waals surface area contributed by atoms with Gasteiger partial charge >= 0.3 is 0 Å². The van der Waals surface area contributed by atoms with Crippen molar-refractivity contribution in [3.05, 3.63) is 53.9 Å². The molecule has 2 aromatic heterocycles. The highest BCUT2D eigenvalue weighted by Gasteiger charge is 2.29. The molecule has 202 valence electrons. The predicted molar refractivity (Wildman–Crippen MR) is 146 cm³/mol. The molecule has 38 heavy (non-hydrogen) atoms. The summed E-state index contributed by atoms with van der Waals surface area (Å²) in [6.45, 7) is 12.0. The molecule has 0 spiro atoms. The number of carbonyl (C=O) groups is 1. The van der Waals surface area contributed by atoms with Crippen molar-refractivity contribution in [1.82, 2.24) is 34.2 Å². The van der Waals surface area contributed by atoms with Crippen molar-refractivity contribution in [1.29, 1.82) is 0 Å². The summed E-state index contributed by atoms with van der Waals surface area (Å²) >= 11 is 0. The number of likely N-dealkylation sites (tertiary alicyclic amines) is 1. The molecular formula is C28H37FN8O. The van der Waals surface area contributed by atoms with Gasteiger partial charge in [0, 0.05) is 62.6 Å². The Balaban J connectivity index is 1.22. The Morgan fingerprint density at radius 3 is 2.34 bits per heavy atom. The number of hydrogen-bond acceptors (Lipinski definition) is 7. The second-order valence-corrected chi connectivity index (χ2v) is 10.6. The van der Waals surface area contributed by atoms with E-state index >= 15 is 0 Å². The molecule has 10 heteroatoms. The van der Waals surface area contributed by atoms with Gasteiger partial charge in [0.2, 0.25) is 5.95 Å². The van der Waals surface area contributed by atoms with Gasteiger partial charge in [-0.15, -0.1) is 0 Å². The van der Waals surface area contributed by atoms with Crippen LogP contribution in [0, 0.1) is 12.7 Å². The Kier molecular flexibility index (Phi) is 7.71. The number of nitrogens with zero attached hydrogens (tertiary/aromatic N) is 7. The van der Waals surface area contributed by atoms with Gasteiger partial charge in [0.05, 0.1) is 18.1 Å². The Hall–Kier alpha value is -3.37. The third-order valence-electron chi connectivity index (χ3n) is 7.68. The molecule has 0 atom stereocenters. The van der Waals surface area contributed by atoms with E-state index in [0.29, 0.717) is 17.3 Å². The van der Waals surface area contributed by atoms with Gasteiger partial charge in [-0.25, -0.2) is 19.3 Å². The van der Waals surface area contributed by atoms with E-state index in [1.54, 1.807) is 6.20 Å². The van der Waals surface area contributed by atoms with Crippen LogP contribution in [0.1, 0.15) is 48.9 Å². The third-order valence-corrected chi connectivity index (χ3v) is 7.68. The van der Waals surface area contributed by atoms with E-state index < -0.39 is 5.82 Å². The number of carbonyl (C=O) groups excluding carboxylic acids is 1. The van der Waals surface area contributed by atoms with Crippen LogP contribution in [0.3, 0.4) is 0 Å². The van der Waals surface area contributed by atoms with E-state index in [0.717, 1.165) is 63.6 Å². The summed E-state index contributed by atoms with van der Waals surface area (Å²) < 4.78 is 16.6. The van der Waals surface area contributed by atoms with Gasteiger partial charge in [-0.2, -0.15) is 0 Å². The van der Waals surface area contributed by atoms with Crippen LogP contribution < -0.4 is 5.32 Å². The minimum absolute atomic E-state index is 0.0611. The zero-order valence-electron chi connectivity index (χ0n) is 22.7. The van der Waals surface area contributed by atoms with E-state index in [-0.39, 0.29) is 23.6 Å². The van der Waals surface area contributed by atoms with Gasteiger partial charge in [0.25, 0.3) is 5.91 Å². The zero-order chi connectivity index (χ0) is 26.8. The Morgan fingerprint density at radius 1 is 1.00 bits per heavy atom. The normalized spacial score (nSPS) is 17.8. The van der Waals surface area contributed by atoms with Crippen LogP contribution in [0.4, 0.5) is 16.0 Å². The molecule has 0 radical (unpaired) electrons. The number of piperidine rings is 1. The van der Waals surface area contributed by atoms with E-state index in [4.69, 9.17) is 0 Å². The standard InChI is InChI=1S/C28H37FN8O/c1-19(2)37-20(3)30-18-25(37)26-24(29)17-31-28(33-26)32-22-7-5-21(6-8-22)27(38)36-11-9-23(10-12-36)35-15-13-34(4)14-16-35/h5-8,17-19,23H,9-16H2,1-4H3,(H,31,32,33). The minimum Gasteiger partial charge on any atom is -0.339 e. The molecule has 1 N–H and O–H groups in total. The van der Waals surface area contributed by atoms with Crippen LogP contribution in [0.15, 0.2) is 36.7 Å². The van der Waals surface area contributed by atoms with Crippen LogP contribution >= 0.6 is 0 Å². The van der Waals surface area contributed by atoms with Crippen molar-refractivity contribution in [2.75, 3.05) is 51.6 Å². The quantitative estimate of drug-likeness (QED) is 0.527. The van der Waals surface area contributed by atoms with Gasteiger partial charge in [0.1, 0.15) is 11.5 Å². The average Bonchev–Trinajstić information content (AvgIpc) is 3.32. The van der Waals surface area contributed by atoms with Crippen LogP contribution in [-0.4, -0.2) is 92.5 Å². The molecule has 0 bridgehead atoms. The van der Waals surface area contributed by atoms with E-state index in [2.05, 4.69) is 37.1 Å². The number of amides is 1. The molecule has 2 aliphatic rings. The number of rotatable bonds is 6. The Labute approximate surface area is 223 Å². The number of likely N-dealkylation sites (N-methyl/N-ethyl adjacent to an activating group) is 1. The van der Waals surface area contributed by atoms with Gasteiger partial charge in [0.15, 0.2) is 5.82 Å². The molecule has 1 aromatic carbocycles. The SMILES string of the molecule is Cc1ncc(-c2nc(Nc3ccc(C(=O)N4CCC(N5CCN(C)CC5)CC4)cc3)ncc2F)n1C(C)C. The largest absolute Gasteiger partial charge is 0.339 e. The molecule has 5 rings (SSSR count). The van der Waals surface area contributed by atoms with E-state index in [1.807, 2.05) is 54.5 Å². The molecular weight excluding hydrogens is 483 g/mol. The lowest BCUT2D eigenvalue weighted by Gasteiger charge is -2.42. The van der Waals surface area contributed by atoms with Gasteiger partial charge in [-0.1, -0.05) is 0 Å². The van der Waals surface area contributed by atoms with Crippen LogP contribution in [0.5, 0.6) is 0 Å². The number of halogens is 1. The molecule has 1 amide bonds. The molecule has 0 unspecified atom stereocenters. The number of imidazole rings is 1. The lowest BCUT2D eigenvalue weighted by molar-refractivity contribution is 0.0519. The van der Waals surface area contributed by atoms with Crippen molar-refractivity contribution < 1.29 is 9.18 Å². The van der Waals surface area contributed by atoms with E-state index in [9.17, 15) is 9.18 Å².